The molecule has 1 aliphatic rings. The highest BCUT2D eigenvalue weighted by molar-refractivity contribution is 7.13. The molecule has 0 aliphatic carbocycles. The van der Waals surface area contributed by atoms with Gasteiger partial charge in [-0.05, 0) is 47.2 Å². The second-order valence-electron chi connectivity index (χ2n) is 9.72. The van der Waals surface area contributed by atoms with Crippen molar-refractivity contribution in [2.24, 2.45) is 0 Å². The highest BCUT2D eigenvalue weighted by Gasteiger charge is 2.26. The lowest BCUT2D eigenvalue weighted by Crippen LogP contribution is -2.33. The first-order chi connectivity index (χ1) is 17.6. The van der Waals surface area contributed by atoms with E-state index in [0.717, 1.165) is 28.0 Å². The van der Waals surface area contributed by atoms with Crippen LogP contribution in [-0.2, 0) is 13.0 Å². The Kier molecular flexibility index (Phi) is 7.77. The lowest BCUT2D eigenvalue weighted by Gasteiger charge is -2.29. The van der Waals surface area contributed by atoms with E-state index < -0.39 is 4.92 Å². The number of carbonyl (C=O) groups is 1. The second-order valence-corrected chi connectivity index (χ2v) is 10.8. The third-order valence-corrected chi connectivity index (χ3v) is 7.42. The molecule has 2 heterocycles. The quantitative estimate of drug-likeness (QED) is 0.195. The molecule has 2 aromatic carbocycles. The van der Waals surface area contributed by atoms with E-state index in [-0.39, 0.29) is 5.91 Å². The first-order valence-electron chi connectivity index (χ1n) is 12.3. The molecule has 1 aromatic heterocycles. The number of carbonyl (C=O) groups excluding carboxylic acids is 1. The Balaban J connectivity index is 1.50. The van der Waals surface area contributed by atoms with Crippen LogP contribution in [0.5, 0.6) is 0 Å². The molecule has 1 amide bonds. The number of fused-ring (bicyclic) bond motifs is 1. The van der Waals surface area contributed by atoms with Crippen LogP contribution < -0.4 is 16.4 Å². The summed E-state index contributed by atoms with van der Waals surface area (Å²) in [4.78, 5) is 31.3. The van der Waals surface area contributed by atoms with E-state index in [9.17, 15) is 14.9 Å². The monoisotopic (exact) mass is 520 g/mol. The van der Waals surface area contributed by atoms with Crippen molar-refractivity contribution in [2.45, 2.75) is 52.5 Å². The van der Waals surface area contributed by atoms with E-state index in [1.54, 1.807) is 6.07 Å². The molecule has 0 spiro atoms. The van der Waals surface area contributed by atoms with Gasteiger partial charge in [-0.25, -0.2) is 4.98 Å². The van der Waals surface area contributed by atoms with Gasteiger partial charge in [-0.2, -0.15) is 0 Å². The first-order valence-corrected chi connectivity index (χ1v) is 13.1. The fraction of sp³-hybridized carbons (Fsp3) is 0.333. The summed E-state index contributed by atoms with van der Waals surface area (Å²) >= 11 is 1.30. The largest absolute Gasteiger partial charge is 0.397 e. The minimum absolute atomic E-state index is 0.303. The number of hydrogen-bond acceptors (Lipinski definition) is 8. The minimum Gasteiger partial charge on any atom is -0.397 e. The van der Waals surface area contributed by atoms with Gasteiger partial charge in [-0.1, -0.05) is 45.9 Å². The van der Waals surface area contributed by atoms with Gasteiger partial charge < -0.3 is 21.3 Å². The molecule has 0 saturated heterocycles. The number of thiazole rings is 1. The highest BCUT2D eigenvalue weighted by Crippen LogP contribution is 2.30. The predicted molar refractivity (Wildman–Crippen MR) is 148 cm³/mol. The zero-order chi connectivity index (χ0) is 26.7. The number of rotatable bonds is 8. The Hall–Kier alpha value is -3.92. The van der Waals surface area contributed by atoms with Gasteiger partial charge in [0.1, 0.15) is 0 Å². The number of aromatic nitrogens is 1. The summed E-state index contributed by atoms with van der Waals surface area (Å²) in [5.41, 5.74) is 11.0. The number of nitrogens with one attached hydrogen (secondary N) is 2. The van der Waals surface area contributed by atoms with Crippen molar-refractivity contribution >= 4 is 34.3 Å². The molecule has 194 valence electrons. The van der Waals surface area contributed by atoms with Gasteiger partial charge in [-0.15, -0.1) is 11.3 Å². The molecule has 0 unspecified atom stereocenters. The van der Waals surface area contributed by atoms with Crippen LogP contribution >= 0.6 is 11.3 Å². The van der Waals surface area contributed by atoms with Crippen molar-refractivity contribution in [3.8, 4) is 0 Å². The second kappa shape index (κ2) is 11.0. The summed E-state index contributed by atoms with van der Waals surface area (Å²) in [5.74, 6) is 0.780. The molecule has 0 atom stereocenters. The molecule has 0 fully saturated rings. The normalized spacial score (nSPS) is 13.6. The fourth-order valence-corrected chi connectivity index (χ4v) is 5.13. The van der Waals surface area contributed by atoms with Crippen LogP contribution in [-0.4, -0.2) is 27.3 Å². The number of nitrogen functional groups attached to an aromatic ring is 1. The van der Waals surface area contributed by atoms with E-state index in [0.29, 0.717) is 53.5 Å². The van der Waals surface area contributed by atoms with Crippen molar-refractivity contribution in [2.75, 3.05) is 22.9 Å². The molecule has 37 heavy (non-hydrogen) atoms. The number of nitrogens with two attached hydrogens (primary N) is 1. The van der Waals surface area contributed by atoms with Crippen molar-refractivity contribution in [3.05, 3.63) is 91.3 Å². The maximum absolute atomic E-state index is 13.0. The molecule has 4 rings (SSSR count). The maximum Gasteiger partial charge on any atom is 0.284 e. The molecule has 3 aromatic rings. The van der Waals surface area contributed by atoms with Crippen LogP contribution in [0.4, 0.5) is 17.1 Å². The summed E-state index contributed by atoms with van der Waals surface area (Å²) in [7, 11) is 0. The molecule has 0 radical (unpaired) electrons. The predicted octanol–water partition coefficient (Wildman–Crippen LogP) is 5.77. The lowest BCUT2D eigenvalue weighted by molar-refractivity contribution is -0.404. The third kappa shape index (κ3) is 6.26. The molecule has 9 nitrogen and oxygen atoms in total. The van der Waals surface area contributed by atoms with Crippen LogP contribution in [0.3, 0.4) is 0 Å². The molecular formula is C27H32N6O3S. The van der Waals surface area contributed by atoms with Gasteiger partial charge in [0.2, 0.25) is 0 Å². The van der Waals surface area contributed by atoms with Gasteiger partial charge in [-0.3, -0.25) is 14.9 Å². The minimum atomic E-state index is -0.457. The summed E-state index contributed by atoms with van der Waals surface area (Å²) in [6.07, 6.45) is 1.56. The van der Waals surface area contributed by atoms with Crippen molar-refractivity contribution < 1.29 is 9.72 Å². The van der Waals surface area contributed by atoms with Crippen molar-refractivity contribution in [3.63, 3.8) is 0 Å². The van der Waals surface area contributed by atoms with E-state index in [1.165, 1.54) is 16.9 Å². The number of anilines is 3. The van der Waals surface area contributed by atoms with Crippen LogP contribution in [0.15, 0.2) is 54.5 Å². The smallest absolute Gasteiger partial charge is 0.284 e. The Morgan fingerprint density at radius 3 is 2.43 bits per heavy atom. The van der Waals surface area contributed by atoms with Crippen molar-refractivity contribution in [1.29, 1.82) is 0 Å². The average Bonchev–Trinajstić information content (AvgIpc) is 3.28. The number of hydrogen-bond donors (Lipinski definition) is 3. The molecule has 10 heteroatoms. The number of benzene rings is 2. The summed E-state index contributed by atoms with van der Waals surface area (Å²) in [6.45, 7) is 9.35. The van der Waals surface area contributed by atoms with E-state index in [4.69, 9.17) is 5.73 Å². The van der Waals surface area contributed by atoms with Gasteiger partial charge in [0.25, 0.3) is 12.1 Å². The Morgan fingerprint density at radius 1 is 1.11 bits per heavy atom. The van der Waals surface area contributed by atoms with Crippen LogP contribution in [0.25, 0.3) is 0 Å². The Labute approximate surface area is 220 Å². The molecule has 0 bridgehead atoms. The van der Waals surface area contributed by atoms with Gasteiger partial charge in [0, 0.05) is 23.5 Å². The Morgan fingerprint density at radius 2 is 1.78 bits per heavy atom. The van der Waals surface area contributed by atoms with E-state index >= 15 is 0 Å². The standard InChI is InChI=1S/C27H32N6O3S/c1-16(2)18-5-8-20(9-6-18)29-25(15-33(35)36)32-12-11-22-24(14-32)37-27(31-22)26(34)30-23-13-19(17(3)4)7-10-21(23)28/h5-10,13,15-17,29H,11-12,14,28H2,1-4H3,(H,30,34). The molecule has 0 saturated carbocycles. The SMILES string of the molecule is CC(C)c1ccc(NC(=C[N+](=O)[O-])N2CCc3nc(C(=O)Nc4cc(C(C)C)ccc4N)sc3C2)cc1. The van der Waals surface area contributed by atoms with Crippen LogP contribution in [0.1, 0.15) is 71.0 Å². The molecule has 1 aliphatic heterocycles. The average molecular weight is 521 g/mol. The highest BCUT2D eigenvalue weighted by atomic mass is 32.1. The van der Waals surface area contributed by atoms with Crippen LogP contribution in [0, 0.1) is 10.1 Å². The number of nitrogens with zero attached hydrogens (tertiary/aromatic N) is 3. The van der Waals surface area contributed by atoms with Gasteiger partial charge in [0.05, 0.1) is 28.5 Å². The lowest BCUT2D eigenvalue weighted by atomic mass is 10.0. The fourth-order valence-electron chi connectivity index (χ4n) is 4.11. The topological polar surface area (TPSA) is 126 Å². The third-order valence-electron chi connectivity index (χ3n) is 6.34. The molecular weight excluding hydrogens is 488 g/mol. The maximum atomic E-state index is 13.0. The number of nitro groups is 1. The first kappa shape index (κ1) is 26.2. The summed E-state index contributed by atoms with van der Waals surface area (Å²) in [5, 5.41) is 17.8. The van der Waals surface area contributed by atoms with Crippen LogP contribution in [0.2, 0.25) is 0 Å². The van der Waals surface area contributed by atoms with Gasteiger partial charge in [0.15, 0.2) is 10.8 Å². The zero-order valence-electron chi connectivity index (χ0n) is 21.4. The van der Waals surface area contributed by atoms with E-state index in [2.05, 4.69) is 43.3 Å². The molecule has 4 N–H and O–H groups in total. The number of amides is 1. The zero-order valence-corrected chi connectivity index (χ0v) is 22.3. The van der Waals surface area contributed by atoms with E-state index in [1.807, 2.05) is 41.3 Å². The summed E-state index contributed by atoms with van der Waals surface area (Å²) < 4.78 is 0. The van der Waals surface area contributed by atoms with Gasteiger partial charge >= 0.3 is 0 Å². The summed E-state index contributed by atoms with van der Waals surface area (Å²) in [6, 6.07) is 13.5. The Bertz CT molecular complexity index is 1330. The van der Waals surface area contributed by atoms with Crippen molar-refractivity contribution in [1.82, 2.24) is 9.88 Å².